The molecule has 1 aliphatic carbocycles. The third-order valence-electron chi connectivity index (χ3n) is 6.25. The minimum absolute atomic E-state index is 0.0354. The molecule has 1 heterocycles. The minimum atomic E-state index is -0.260. The summed E-state index contributed by atoms with van der Waals surface area (Å²) in [5.74, 6) is 0.495. The van der Waals surface area contributed by atoms with Gasteiger partial charge in [0.05, 0.1) is 10.6 Å². The lowest BCUT2D eigenvalue weighted by molar-refractivity contribution is -0.124. The number of para-hydroxylation sites is 1. The van der Waals surface area contributed by atoms with E-state index in [1.165, 1.54) is 30.3 Å². The number of benzene rings is 3. The first-order valence-electron chi connectivity index (χ1n) is 12.0. The van der Waals surface area contributed by atoms with Crippen LogP contribution in [0.15, 0.2) is 88.8 Å². The van der Waals surface area contributed by atoms with Gasteiger partial charge in [-0.25, -0.2) is 9.38 Å². The molecule has 35 heavy (non-hydrogen) atoms. The fraction of sp³-hybridized carbons (Fsp3) is 0.241. The first kappa shape index (κ1) is 23.4. The number of halogens is 1. The predicted octanol–water partition coefficient (Wildman–Crippen LogP) is 7.34. The number of thioether (sulfide) groups is 1. The summed E-state index contributed by atoms with van der Waals surface area (Å²) in [7, 11) is 0. The van der Waals surface area contributed by atoms with E-state index in [9.17, 15) is 9.18 Å². The van der Waals surface area contributed by atoms with Crippen LogP contribution in [0.4, 0.5) is 10.1 Å². The molecule has 2 aliphatic rings. The molecule has 0 aromatic heterocycles. The van der Waals surface area contributed by atoms with Crippen molar-refractivity contribution >= 4 is 34.6 Å². The van der Waals surface area contributed by atoms with Crippen LogP contribution in [0.1, 0.15) is 43.2 Å². The molecule has 1 aliphatic heterocycles. The molecular formula is C29H27FN2O2S. The van der Waals surface area contributed by atoms with Crippen molar-refractivity contribution in [3.63, 3.8) is 0 Å². The Balaban J connectivity index is 1.33. The van der Waals surface area contributed by atoms with Gasteiger partial charge in [0.25, 0.3) is 5.91 Å². The van der Waals surface area contributed by atoms with Gasteiger partial charge in [-0.05, 0) is 78.2 Å². The summed E-state index contributed by atoms with van der Waals surface area (Å²) in [6.07, 6.45) is 7.50. The maximum Gasteiger partial charge on any atom is 0.267 e. The first-order chi connectivity index (χ1) is 17.2. The Kier molecular flexibility index (Phi) is 7.28. The lowest BCUT2D eigenvalue weighted by Crippen LogP contribution is -2.40. The van der Waals surface area contributed by atoms with Crippen LogP contribution in [0, 0.1) is 5.82 Å². The number of carbonyl (C=O) groups is 1. The van der Waals surface area contributed by atoms with Gasteiger partial charge >= 0.3 is 0 Å². The van der Waals surface area contributed by atoms with Crippen molar-refractivity contribution in [2.45, 2.75) is 44.8 Å². The minimum Gasteiger partial charge on any atom is -0.489 e. The Morgan fingerprint density at radius 3 is 2.37 bits per heavy atom. The van der Waals surface area contributed by atoms with Crippen molar-refractivity contribution < 1.29 is 13.9 Å². The van der Waals surface area contributed by atoms with Gasteiger partial charge < -0.3 is 4.74 Å². The zero-order valence-electron chi connectivity index (χ0n) is 19.4. The highest BCUT2D eigenvalue weighted by Gasteiger charge is 2.38. The zero-order chi connectivity index (χ0) is 24.0. The summed E-state index contributed by atoms with van der Waals surface area (Å²) in [5.41, 5.74) is 2.69. The molecule has 0 spiro atoms. The molecule has 2 fully saturated rings. The summed E-state index contributed by atoms with van der Waals surface area (Å²) >= 11 is 1.45. The normalized spacial score (nSPS) is 19.0. The van der Waals surface area contributed by atoms with Gasteiger partial charge in [-0.15, -0.1) is 0 Å². The number of amides is 1. The van der Waals surface area contributed by atoms with Gasteiger partial charge in [0.15, 0.2) is 5.17 Å². The molecule has 0 radical (unpaired) electrons. The Morgan fingerprint density at radius 1 is 0.943 bits per heavy atom. The van der Waals surface area contributed by atoms with Gasteiger partial charge in [-0.3, -0.25) is 9.69 Å². The Morgan fingerprint density at radius 2 is 1.66 bits per heavy atom. The summed E-state index contributed by atoms with van der Waals surface area (Å²) < 4.78 is 18.9. The fourth-order valence-electron chi connectivity index (χ4n) is 4.40. The van der Waals surface area contributed by atoms with Crippen molar-refractivity contribution in [2.24, 2.45) is 4.99 Å². The van der Waals surface area contributed by atoms with E-state index >= 15 is 0 Å². The lowest BCUT2D eigenvalue weighted by atomic mass is 9.94. The molecule has 0 unspecified atom stereocenters. The molecule has 178 valence electrons. The highest BCUT2D eigenvalue weighted by atomic mass is 32.2. The molecule has 1 saturated carbocycles. The molecule has 0 bridgehead atoms. The van der Waals surface area contributed by atoms with E-state index in [-0.39, 0.29) is 17.8 Å². The summed E-state index contributed by atoms with van der Waals surface area (Å²) in [4.78, 5) is 20.9. The van der Waals surface area contributed by atoms with Gasteiger partial charge in [0.2, 0.25) is 0 Å². The van der Waals surface area contributed by atoms with Crippen LogP contribution in [0.2, 0.25) is 0 Å². The number of carbonyl (C=O) groups excluding carboxylic acids is 1. The van der Waals surface area contributed by atoms with Gasteiger partial charge in [0, 0.05) is 6.04 Å². The van der Waals surface area contributed by atoms with Crippen molar-refractivity contribution in [3.05, 3.63) is 101 Å². The summed E-state index contributed by atoms with van der Waals surface area (Å²) in [6, 6.07) is 24.0. The average molecular weight is 487 g/mol. The topological polar surface area (TPSA) is 41.9 Å². The molecule has 4 nitrogen and oxygen atoms in total. The second-order valence-electron chi connectivity index (χ2n) is 8.79. The van der Waals surface area contributed by atoms with Crippen molar-refractivity contribution in [3.8, 4) is 5.75 Å². The van der Waals surface area contributed by atoms with Crippen molar-refractivity contribution in [2.75, 3.05) is 0 Å². The molecule has 3 aromatic carbocycles. The van der Waals surface area contributed by atoms with Crippen LogP contribution >= 0.6 is 11.8 Å². The molecular weight excluding hydrogens is 459 g/mol. The summed E-state index contributed by atoms with van der Waals surface area (Å²) in [6.45, 7) is 0.366. The van der Waals surface area contributed by atoms with E-state index in [1.807, 2.05) is 65.6 Å². The van der Waals surface area contributed by atoms with Gasteiger partial charge in [-0.2, -0.15) is 0 Å². The van der Waals surface area contributed by atoms with Crippen LogP contribution in [0.5, 0.6) is 5.75 Å². The van der Waals surface area contributed by atoms with Crippen LogP contribution in [0.3, 0.4) is 0 Å². The van der Waals surface area contributed by atoms with Crippen LogP contribution < -0.4 is 4.74 Å². The predicted molar refractivity (Wildman–Crippen MR) is 140 cm³/mol. The molecule has 1 saturated heterocycles. The van der Waals surface area contributed by atoms with E-state index in [1.54, 1.807) is 12.1 Å². The Bertz CT molecular complexity index is 1220. The monoisotopic (exact) mass is 486 g/mol. The van der Waals surface area contributed by atoms with E-state index in [0.29, 0.717) is 11.5 Å². The largest absolute Gasteiger partial charge is 0.489 e. The summed E-state index contributed by atoms with van der Waals surface area (Å²) in [5, 5.41) is 0.763. The van der Waals surface area contributed by atoms with Gasteiger partial charge in [0.1, 0.15) is 18.2 Å². The second kappa shape index (κ2) is 10.9. The number of nitrogens with zero attached hydrogens (tertiary/aromatic N) is 2. The SMILES string of the molecule is O=C1C(=Cc2ccc(OCc3ccc(F)cc3)cc2)SC(=Nc2ccccc2)N1C1CCCCC1. The van der Waals surface area contributed by atoms with E-state index < -0.39 is 0 Å². The average Bonchev–Trinajstić information content (AvgIpc) is 3.19. The van der Waals surface area contributed by atoms with E-state index in [4.69, 9.17) is 9.73 Å². The Labute approximate surface area is 209 Å². The van der Waals surface area contributed by atoms with Crippen LogP contribution in [-0.4, -0.2) is 22.0 Å². The fourth-order valence-corrected chi connectivity index (χ4v) is 5.46. The number of rotatable bonds is 6. The number of hydrogen-bond donors (Lipinski definition) is 0. The second-order valence-corrected chi connectivity index (χ2v) is 9.80. The van der Waals surface area contributed by atoms with Crippen molar-refractivity contribution in [1.29, 1.82) is 0 Å². The highest BCUT2D eigenvalue weighted by molar-refractivity contribution is 8.18. The standard InChI is InChI=1S/C29H27FN2O2S/c30-23-15-11-22(12-16-23)20-34-26-17-13-21(14-18-26)19-27-28(33)32(25-9-5-2-6-10-25)29(35-27)31-24-7-3-1-4-8-24/h1,3-4,7-8,11-19,25H,2,5-6,9-10,20H2. The third kappa shape index (κ3) is 5.82. The molecule has 1 amide bonds. The molecule has 3 aromatic rings. The quantitative estimate of drug-likeness (QED) is 0.342. The molecule has 0 atom stereocenters. The number of ether oxygens (including phenoxy) is 1. The maximum absolute atomic E-state index is 13.5. The smallest absolute Gasteiger partial charge is 0.267 e. The highest BCUT2D eigenvalue weighted by Crippen LogP contribution is 2.38. The van der Waals surface area contributed by atoms with Crippen molar-refractivity contribution in [1.82, 2.24) is 4.90 Å². The number of aliphatic imine (C=N–C) groups is 1. The van der Waals surface area contributed by atoms with E-state index in [0.717, 1.165) is 53.4 Å². The lowest BCUT2D eigenvalue weighted by Gasteiger charge is -2.30. The molecule has 6 heteroatoms. The van der Waals surface area contributed by atoms with Crippen LogP contribution in [-0.2, 0) is 11.4 Å². The van der Waals surface area contributed by atoms with Crippen LogP contribution in [0.25, 0.3) is 6.08 Å². The van der Waals surface area contributed by atoms with Gasteiger partial charge in [-0.1, -0.05) is 61.7 Å². The maximum atomic E-state index is 13.5. The number of amidine groups is 1. The molecule has 5 rings (SSSR count). The molecule has 0 N–H and O–H groups in total. The van der Waals surface area contributed by atoms with E-state index in [2.05, 4.69) is 0 Å². The zero-order valence-corrected chi connectivity index (χ0v) is 20.2. The first-order valence-corrected chi connectivity index (χ1v) is 12.8. The third-order valence-corrected chi connectivity index (χ3v) is 7.24. The Hall–Kier alpha value is -3.38. The number of hydrogen-bond acceptors (Lipinski definition) is 4.